The summed E-state index contributed by atoms with van der Waals surface area (Å²) in [6.07, 6.45) is 1.75. The number of Topliss-reactive ketones (excluding diaryl/α,β-unsaturated/α-hetero) is 1. The van der Waals surface area contributed by atoms with Gasteiger partial charge in [0.05, 0.1) is 6.61 Å². The molecule has 0 amide bonds. The van der Waals surface area contributed by atoms with E-state index in [1.807, 2.05) is 27.7 Å². The van der Waals surface area contributed by atoms with Crippen molar-refractivity contribution in [3.63, 3.8) is 0 Å². The van der Waals surface area contributed by atoms with Crippen LogP contribution in [0.15, 0.2) is 0 Å². The molecule has 1 atom stereocenters. The number of carbonyl (C=O) groups excluding carboxylic acids is 1. The van der Waals surface area contributed by atoms with Crippen molar-refractivity contribution in [3.05, 3.63) is 0 Å². The van der Waals surface area contributed by atoms with Crippen LogP contribution >= 0.6 is 0 Å². The fraction of sp³-hybridized carbons (Fsp3) is 0.900. The molecule has 0 aliphatic heterocycles. The van der Waals surface area contributed by atoms with Crippen LogP contribution in [0, 0.1) is 11.3 Å². The summed E-state index contributed by atoms with van der Waals surface area (Å²) in [5.41, 5.74) is -0.317. The average Bonchev–Trinajstić information content (AvgIpc) is 1.97. The maximum Gasteiger partial charge on any atom is 0.143 e. The highest BCUT2D eigenvalue weighted by atomic mass is 16.3. The Bertz CT molecular complexity index is 144. The fourth-order valence-corrected chi connectivity index (χ4v) is 1.27. The lowest BCUT2D eigenvalue weighted by Gasteiger charge is -2.22. The molecule has 0 aromatic carbocycles. The molecule has 0 fully saturated rings. The lowest BCUT2D eigenvalue weighted by atomic mass is 9.81. The van der Waals surface area contributed by atoms with Crippen LogP contribution in [0.2, 0.25) is 0 Å². The Morgan fingerprint density at radius 1 is 1.42 bits per heavy atom. The Hall–Kier alpha value is -0.370. The maximum atomic E-state index is 11.6. The van der Waals surface area contributed by atoms with Crippen LogP contribution in [0.1, 0.15) is 40.5 Å². The number of rotatable bonds is 4. The summed E-state index contributed by atoms with van der Waals surface area (Å²) in [6, 6.07) is 0. The van der Waals surface area contributed by atoms with Gasteiger partial charge in [0.1, 0.15) is 5.78 Å². The van der Waals surface area contributed by atoms with E-state index in [2.05, 4.69) is 0 Å². The number of aliphatic hydroxyl groups is 1. The van der Waals surface area contributed by atoms with Gasteiger partial charge in [0.2, 0.25) is 0 Å². The van der Waals surface area contributed by atoms with Crippen molar-refractivity contribution < 1.29 is 9.90 Å². The van der Waals surface area contributed by atoms with Crippen molar-refractivity contribution in [2.75, 3.05) is 6.61 Å². The third-order valence-corrected chi connectivity index (χ3v) is 1.97. The minimum atomic E-state index is -0.317. The molecule has 0 aliphatic carbocycles. The van der Waals surface area contributed by atoms with E-state index in [9.17, 15) is 4.79 Å². The quantitative estimate of drug-likeness (QED) is 0.704. The molecule has 2 heteroatoms. The number of aliphatic hydroxyl groups excluding tert-OH is 1. The van der Waals surface area contributed by atoms with Gasteiger partial charge in [-0.15, -0.1) is 0 Å². The van der Waals surface area contributed by atoms with Gasteiger partial charge in [0, 0.05) is 11.3 Å². The lowest BCUT2D eigenvalue weighted by Crippen LogP contribution is -2.30. The van der Waals surface area contributed by atoms with E-state index in [0.29, 0.717) is 0 Å². The van der Waals surface area contributed by atoms with E-state index in [1.54, 1.807) is 0 Å². The van der Waals surface area contributed by atoms with Gasteiger partial charge in [-0.1, -0.05) is 34.1 Å². The summed E-state index contributed by atoms with van der Waals surface area (Å²) in [5.74, 6) is 0.0156. The molecule has 0 aliphatic rings. The Kier molecular flexibility index (Phi) is 4.46. The van der Waals surface area contributed by atoms with Crippen LogP contribution in [0.5, 0.6) is 0 Å². The summed E-state index contributed by atoms with van der Waals surface area (Å²) in [4.78, 5) is 11.6. The van der Waals surface area contributed by atoms with Crippen LogP contribution in [0.25, 0.3) is 0 Å². The van der Waals surface area contributed by atoms with Crippen LogP contribution in [0.3, 0.4) is 0 Å². The predicted octanol–water partition coefficient (Wildman–Crippen LogP) is 2.01. The van der Waals surface area contributed by atoms with Gasteiger partial charge >= 0.3 is 0 Å². The van der Waals surface area contributed by atoms with E-state index >= 15 is 0 Å². The standard InChI is InChI=1S/C10H20O2/c1-5-6-8(7-11)9(12)10(2,3)4/h8,11H,5-7H2,1-4H3/t8-/m1/s1. The van der Waals surface area contributed by atoms with Crippen molar-refractivity contribution in [1.29, 1.82) is 0 Å². The normalized spacial score (nSPS) is 14.4. The molecule has 72 valence electrons. The monoisotopic (exact) mass is 172 g/mol. The average molecular weight is 172 g/mol. The topological polar surface area (TPSA) is 37.3 Å². The molecule has 0 aromatic heterocycles. The molecular formula is C10H20O2. The first kappa shape index (κ1) is 11.6. The van der Waals surface area contributed by atoms with Gasteiger partial charge in [-0.05, 0) is 6.42 Å². The van der Waals surface area contributed by atoms with Crippen molar-refractivity contribution in [2.24, 2.45) is 11.3 Å². The molecule has 12 heavy (non-hydrogen) atoms. The van der Waals surface area contributed by atoms with Gasteiger partial charge in [-0.25, -0.2) is 0 Å². The van der Waals surface area contributed by atoms with Crippen LogP contribution in [0.4, 0.5) is 0 Å². The Labute approximate surface area is 75.0 Å². The molecule has 1 N–H and O–H groups in total. The van der Waals surface area contributed by atoms with Crippen molar-refractivity contribution >= 4 is 5.78 Å². The predicted molar refractivity (Wildman–Crippen MR) is 49.9 cm³/mol. The Morgan fingerprint density at radius 2 is 1.92 bits per heavy atom. The minimum Gasteiger partial charge on any atom is -0.396 e. The number of hydrogen-bond donors (Lipinski definition) is 1. The molecule has 0 spiro atoms. The largest absolute Gasteiger partial charge is 0.396 e. The van der Waals surface area contributed by atoms with Crippen molar-refractivity contribution in [3.8, 4) is 0 Å². The van der Waals surface area contributed by atoms with E-state index in [0.717, 1.165) is 12.8 Å². The second kappa shape index (κ2) is 4.61. The van der Waals surface area contributed by atoms with Gasteiger partial charge in [-0.3, -0.25) is 4.79 Å². The highest BCUT2D eigenvalue weighted by Gasteiger charge is 2.28. The summed E-state index contributed by atoms with van der Waals surface area (Å²) in [6.45, 7) is 7.71. The van der Waals surface area contributed by atoms with Gasteiger partial charge in [0.25, 0.3) is 0 Å². The van der Waals surface area contributed by atoms with Crippen molar-refractivity contribution in [1.82, 2.24) is 0 Å². The summed E-state index contributed by atoms with van der Waals surface area (Å²) in [7, 11) is 0. The molecule has 0 heterocycles. The third-order valence-electron chi connectivity index (χ3n) is 1.97. The lowest BCUT2D eigenvalue weighted by molar-refractivity contribution is -0.131. The number of hydrogen-bond acceptors (Lipinski definition) is 2. The first-order valence-corrected chi connectivity index (χ1v) is 4.58. The summed E-state index contributed by atoms with van der Waals surface area (Å²) in [5, 5.41) is 8.97. The zero-order valence-electron chi connectivity index (χ0n) is 8.55. The second-order valence-electron chi connectivity index (χ2n) is 4.28. The molecule has 0 saturated heterocycles. The number of ketones is 1. The Balaban J connectivity index is 4.22. The first-order valence-electron chi connectivity index (χ1n) is 4.58. The van der Waals surface area contributed by atoms with E-state index < -0.39 is 0 Å². The maximum absolute atomic E-state index is 11.6. The van der Waals surface area contributed by atoms with Gasteiger partial charge in [-0.2, -0.15) is 0 Å². The summed E-state index contributed by atoms with van der Waals surface area (Å²) < 4.78 is 0. The summed E-state index contributed by atoms with van der Waals surface area (Å²) >= 11 is 0. The molecule has 0 bridgehead atoms. The fourth-order valence-electron chi connectivity index (χ4n) is 1.27. The zero-order valence-corrected chi connectivity index (χ0v) is 8.55. The van der Waals surface area contributed by atoms with E-state index in [4.69, 9.17) is 5.11 Å². The molecule has 0 radical (unpaired) electrons. The highest BCUT2D eigenvalue weighted by Crippen LogP contribution is 2.22. The second-order valence-corrected chi connectivity index (χ2v) is 4.28. The molecule has 0 saturated carbocycles. The van der Waals surface area contributed by atoms with E-state index in [1.165, 1.54) is 0 Å². The molecule has 2 nitrogen and oxygen atoms in total. The molecule has 0 rings (SSSR count). The third kappa shape index (κ3) is 3.35. The van der Waals surface area contributed by atoms with Gasteiger partial charge < -0.3 is 5.11 Å². The van der Waals surface area contributed by atoms with Crippen molar-refractivity contribution in [2.45, 2.75) is 40.5 Å². The van der Waals surface area contributed by atoms with Crippen LogP contribution in [-0.4, -0.2) is 17.5 Å². The zero-order chi connectivity index (χ0) is 9.78. The first-order chi connectivity index (χ1) is 5.43. The Morgan fingerprint density at radius 3 is 2.17 bits per heavy atom. The molecule has 0 aromatic rings. The highest BCUT2D eigenvalue weighted by molar-refractivity contribution is 5.86. The van der Waals surface area contributed by atoms with Gasteiger partial charge in [0.15, 0.2) is 0 Å². The molecule has 0 unspecified atom stereocenters. The minimum absolute atomic E-state index is 0.00998. The van der Waals surface area contributed by atoms with Crippen LogP contribution < -0.4 is 0 Å². The smallest absolute Gasteiger partial charge is 0.143 e. The SMILES string of the molecule is CCC[C@H](CO)C(=O)C(C)(C)C. The number of carbonyl (C=O) groups is 1. The van der Waals surface area contributed by atoms with Crippen LogP contribution in [-0.2, 0) is 4.79 Å². The van der Waals surface area contributed by atoms with E-state index in [-0.39, 0.29) is 23.7 Å². The molecular weight excluding hydrogens is 152 g/mol.